The molecule has 0 aromatic heterocycles. The van der Waals surface area contributed by atoms with E-state index in [0.717, 1.165) is 25.9 Å². The van der Waals surface area contributed by atoms with Crippen LogP contribution in [-0.4, -0.2) is 23.9 Å². The molecule has 1 atom stereocenters. The zero-order chi connectivity index (χ0) is 20.3. The van der Waals surface area contributed by atoms with Crippen LogP contribution in [0.5, 0.6) is 0 Å². The number of likely N-dealkylation sites (tertiary alicyclic amines) is 1. The molecule has 1 heterocycles. The van der Waals surface area contributed by atoms with Crippen LogP contribution in [0.3, 0.4) is 0 Å². The fourth-order valence-corrected chi connectivity index (χ4v) is 4.04. The highest BCUT2D eigenvalue weighted by atomic mass is 35.5. The lowest BCUT2D eigenvalue weighted by molar-refractivity contribution is -0.127. The van der Waals surface area contributed by atoms with E-state index in [1.54, 1.807) is 12.1 Å². The summed E-state index contributed by atoms with van der Waals surface area (Å²) in [4.78, 5) is 14.9. The van der Waals surface area contributed by atoms with Crippen molar-refractivity contribution in [2.75, 3.05) is 13.1 Å². The predicted molar refractivity (Wildman–Crippen MR) is 112 cm³/mol. The van der Waals surface area contributed by atoms with Gasteiger partial charge in [-0.1, -0.05) is 41.4 Å². The molecule has 1 amide bonds. The summed E-state index contributed by atoms with van der Waals surface area (Å²) in [5.74, 6) is -0.140. The summed E-state index contributed by atoms with van der Waals surface area (Å²) in [5.41, 5.74) is 4.21. The fraction of sp³-hybridized carbons (Fsp3) is 0.435. The maximum atomic E-state index is 14.0. The Kier molecular flexibility index (Phi) is 6.73. The predicted octanol–water partition coefficient (Wildman–Crippen LogP) is 5.19. The SMILES string of the molecule is Cc1ccc(C)c(C(C)NC(=O)C2CCN(Cc3ccc(Cl)cc3F)CC2)c1. The lowest BCUT2D eigenvalue weighted by Gasteiger charge is -2.32. The highest BCUT2D eigenvalue weighted by molar-refractivity contribution is 6.30. The van der Waals surface area contributed by atoms with Crippen LogP contribution < -0.4 is 5.32 Å². The Morgan fingerprint density at radius 2 is 1.93 bits per heavy atom. The van der Waals surface area contributed by atoms with E-state index in [-0.39, 0.29) is 23.7 Å². The number of piperidine rings is 1. The molecule has 0 radical (unpaired) electrons. The maximum absolute atomic E-state index is 14.0. The van der Waals surface area contributed by atoms with E-state index in [2.05, 4.69) is 42.3 Å². The third-order valence-electron chi connectivity index (χ3n) is 5.63. The molecule has 0 spiro atoms. The monoisotopic (exact) mass is 402 g/mol. The average molecular weight is 403 g/mol. The van der Waals surface area contributed by atoms with Crippen molar-refractivity contribution in [3.63, 3.8) is 0 Å². The Morgan fingerprint density at radius 1 is 1.21 bits per heavy atom. The molecule has 1 unspecified atom stereocenters. The molecular weight excluding hydrogens is 375 g/mol. The van der Waals surface area contributed by atoms with Gasteiger partial charge < -0.3 is 5.32 Å². The molecule has 5 heteroatoms. The fourth-order valence-electron chi connectivity index (χ4n) is 3.88. The van der Waals surface area contributed by atoms with Crippen LogP contribution in [0.2, 0.25) is 5.02 Å². The molecule has 1 saturated heterocycles. The molecule has 0 aliphatic carbocycles. The van der Waals surface area contributed by atoms with Crippen molar-refractivity contribution < 1.29 is 9.18 Å². The third-order valence-corrected chi connectivity index (χ3v) is 5.86. The number of carbonyl (C=O) groups excluding carboxylic acids is 1. The van der Waals surface area contributed by atoms with Gasteiger partial charge in [-0.2, -0.15) is 0 Å². The zero-order valence-corrected chi connectivity index (χ0v) is 17.5. The normalized spacial score (nSPS) is 16.8. The van der Waals surface area contributed by atoms with Gasteiger partial charge in [0.2, 0.25) is 5.91 Å². The van der Waals surface area contributed by atoms with E-state index >= 15 is 0 Å². The quantitative estimate of drug-likeness (QED) is 0.746. The van der Waals surface area contributed by atoms with Crippen LogP contribution in [0.1, 0.15) is 48.1 Å². The van der Waals surface area contributed by atoms with E-state index < -0.39 is 0 Å². The number of halogens is 2. The largest absolute Gasteiger partial charge is 0.349 e. The molecule has 150 valence electrons. The highest BCUT2D eigenvalue weighted by Gasteiger charge is 2.26. The van der Waals surface area contributed by atoms with Crippen LogP contribution in [0.25, 0.3) is 0 Å². The molecule has 1 aliphatic heterocycles. The first-order chi connectivity index (χ1) is 13.3. The standard InChI is InChI=1S/C23H28ClFN2O/c1-15-4-5-16(2)21(12-15)17(3)26-23(28)18-8-10-27(11-9-18)14-19-6-7-20(24)13-22(19)25/h4-7,12-13,17-18H,8-11,14H2,1-3H3,(H,26,28). The number of hydrogen-bond acceptors (Lipinski definition) is 2. The van der Waals surface area contributed by atoms with Gasteiger partial charge >= 0.3 is 0 Å². The van der Waals surface area contributed by atoms with Crippen molar-refractivity contribution in [2.45, 2.75) is 46.2 Å². The number of nitrogens with zero attached hydrogens (tertiary/aromatic N) is 1. The number of hydrogen-bond donors (Lipinski definition) is 1. The van der Waals surface area contributed by atoms with Crippen LogP contribution in [0, 0.1) is 25.6 Å². The van der Waals surface area contributed by atoms with Gasteiger partial charge in [0, 0.05) is 23.0 Å². The average Bonchev–Trinajstić information content (AvgIpc) is 2.66. The summed E-state index contributed by atoms with van der Waals surface area (Å²) in [6, 6.07) is 11.1. The first-order valence-electron chi connectivity index (χ1n) is 9.87. The molecule has 3 rings (SSSR count). The summed E-state index contributed by atoms with van der Waals surface area (Å²) in [6.45, 7) is 8.31. The van der Waals surface area contributed by atoms with Gasteiger partial charge in [0.15, 0.2) is 0 Å². The van der Waals surface area contributed by atoms with Crippen LogP contribution in [0.15, 0.2) is 36.4 Å². The number of amides is 1. The second-order valence-corrected chi connectivity index (χ2v) is 8.31. The van der Waals surface area contributed by atoms with Gasteiger partial charge in [0.25, 0.3) is 0 Å². The molecule has 0 saturated carbocycles. The number of carbonyl (C=O) groups is 1. The Labute approximate surface area is 171 Å². The van der Waals surface area contributed by atoms with Crippen molar-refractivity contribution in [1.82, 2.24) is 10.2 Å². The molecule has 1 N–H and O–H groups in total. The van der Waals surface area contributed by atoms with Gasteiger partial charge in [0.05, 0.1) is 6.04 Å². The second kappa shape index (κ2) is 9.06. The maximum Gasteiger partial charge on any atom is 0.223 e. The van der Waals surface area contributed by atoms with Crippen molar-refractivity contribution >= 4 is 17.5 Å². The molecule has 3 nitrogen and oxygen atoms in total. The minimum absolute atomic E-state index is 0.00593. The Bertz CT molecular complexity index is 846. The van der Waals surface area contributed by atoms with Gasteiger partial charge in [-0.05, 0) is 70.0 Å². The first-order valence-corrected chi connectivity index (χ1v) is 10.2. The molecule has 1 fully saturated rings. The lowest BCUT2D eigenvalue weighted by atomic mass is 9.94. The van der Waals surface area contributed by atoms with Crippen LogP contribution in [-0.2, 0) is 11.3 Å². The van der Waals surface area contributed by atoms with Crippen molar-refractivity contribution in [3.05, 3.63) is 69.5 Å². The van der Waals surface area contributed by atoms with Gasteiger partial charge in [-0.25, -0.2) is 4.39 Å². The van der Waals surface area contributed by atoms with Crippen molar-refractivity contribution in [3.8, 4) is 0 Å². The molecular formula is C23H28ClFN2O. The van der Waals surface area contributed by atoms with Gasteiger partial charge in [0.1, 0.15) is 5.82 Å². The highest BCUT2D eigenvalue weighted by Crippen LogP contribution is 2.24. The molecule has 28 heavy (non-hydrogen) atoms. The summed E-state index contributed by atoms with van der Waals surface area (Å²) in [5, 5.41) is 3.59. The van der Waals surface area contributed by atoms with Gasteiger partial charge in [-0.15, -0.1) is 0 Å². The minimum Gasteiger partial charge on any atom is -0.349 e. The number of rotatable bonds is 5. The summed E-state index contributed by atoms with van der Waals surface area (Å²) in [7, 11) is 0. The Morgan fingerprint density at radius 3 is 2.61 bits per heavy atom. The topological polar surface area (TPSA) is 32.3 Å². The Balaban J connectivity index is 1.52. The summed E-state index contributed by atoms with van der Waals surface area (Å²) in [6.07, 6.45) is 1.58. The zero-order valence-electron chi connectivity index (χ0n) is 16.8. The van der Waals surface area contributed by atoms with Crippen LogP contribution >= 0.6 is 11.6 Å². The Hall–Kier alpha value is -1.91. The van der Waals surface area contributed by atoms with Crippen molar-refractivity contribution in [2.24, 2.45) is 5.92 Å². The third kappa shape index (κ3) is 5.12. The van der Waals surface area contributed by atoms with E-state index in [9.17, 15) is 9.18 Å². The number of aryl methyl sites for hydroxylation is 2. The van der Waals surface area contributed by atoms with Crippen molar-refractivity contribution in [1.29, 1.82) is 0 Å². The molecule has 2 aromatic rings. The second-order valence-electron chi connectivity index (χ2n) is 7.88. The summed E-state index contributed by atoms with van der Waals surface area (Å²) < 4.78 is 14.0. The van der Waals surface area contributed by atoms with E-state index in [1.807, 2.05) is 6.92 Å². The van der Waals surface area contributed by atoms with Crippen LogP contribution in [0.4, 0.5) is 4.39 Å². The lowest BCUT2D eigenvalue weighted by Crippen LogP contribution is -2.41. The van der Waals surface area contributed by atoms with E-state index in [1.165, 1.54) is 22.8 Å². The van der Waals surface area contributed by atoms with E-state index in [4.69, 9.17) is 11.6 Å². The number of nitrogens with one attached hydrogen (secondary N) is 1. The summed E-state index contributed by atoms with van der Waals surface area (Å²) >= 11 is 5.82. The van der Waals surface area contributed by atoms with Gasteiger partial charge in [-0.3, -0.25) is 9.69 Å². The minimum atomic E-state index is -0.269. The number of benzene rings is 2. The molecule has 2 aromatic carbocycles. The molecule has 0 bridgehead atoms. The first kappa shape index (κ1) is 20.8. The smallest absolute Gasteiger partial charge is 0.223 e. The van der Waals surface area contributed by atoms with E-state index in [0.29, 0.717) is 17.1 Å². The molecule has 1 aliphatic rings.